The maximum Gasteiger partial charge on any atom is 0.431 e. The number of aromatic amines is 1. The number of ether oxygens (including phenoxy) is 1. The van der Waals surface area contributed by atoms with Gasteiger partial charge in [-0.2, -0.15) is 13.2 Å². The van der Waals surface area contributed by atoms with E-state index in [-0.39, 0.29) is 11.6 Å². The minimum absolute atomic E-state index is 0.324. The van der Waals surface area contributed by atoms with Crippen LogP contribution in [0.15, 0.2) is 35.1 Å². The normalized spacial score (nSPS) is 18.8. The topological polar surface area (TPSA) is 71.2 Å². The first-order chi connectivity index (χ1) is 13.7. The lowest BCUT2D eigenvalue weighted by atomic mass is 9.78. The fourth-order valence-corrected chi connectivity index (χ4v) is 3.90. The number of amides is 1. The van der Waals surface area contributed by atoms with Crippen LogP contribution in [-0.4, -0.2) is 18.0 Å². The SMILES string of the molecule is CCCC1Cc2cc(OC)ccc2C(NC(=O)c2ccc(C(F)(F)F)[nH]c2=O)C1. The predicted octanol–water partition coefficient (Wildman–Crippen LogP) is 4.24. The zero-order valence-electron chi connectivity index (χ0n) is 16.2. The number of aromatic nitrogens is 1. The Hall–Kier alpha value is -2.77. The number of pyridine rings is 1. The van der Waals surface area contributed by atoms with Gasteiger partial charge in [-0.15, -0.1) is 0 Å². The van der Waals surface area contributed by atoms with Crippen molar-refractivity contribution in [3.63, 3.8) is 0 Å². The van der Waals surface area contributed by atoms with Crippen molar-refractivity contribution in [2.75, 3.05) is 7.11 Å². The Morgan fingerprint density at radius 2 is 2.03 bits per heavy atom. The summed E-state index contributed by atoms with van der Waals surface area (Å²) in [6.45, 7) is 2.09. The van der Waals surface area contributed by atoms with Crippen molar-refractivity contribution in [2.45, 2.75) is 44.8 Å². The highest BCUT2D eigenvalue weighted by Crippen LogP contribution is 2.37. The third kappa shape index (κ3) is 4.63. The van der Waals surface area contributed by atoms with Gasteiger partial charge in [0.1, 0.15) is 17.0 Å². The molecule has 0 fully saturated rings. The number of carbonyl (C=O) groups is 1. The predicted molar refractivity (Wildman–Crippen MR) is 102 cm³/mol. The van der Waals surface area contributed by atoms with E-state index >= 15 is 0 Å². The van der Waals surface area contributed by atoms with Gasteiger partial charge in [0.2, 0.25) is 0 Å². The highest BCUT2D eigenvalue weighted by molar-refractivity contribution is 5.94. The molecule has 2 N–H and O–H groups in total. The zero-order valence-corrected chi connectivity index (χ0v) is 16.2. The molecule has 8 heteroatoms. The van der Waals surface area contributed by atoms with Gasteiger partial charge < -0.3 is 15.0 Å². The lowest BCUT2D eigenvalue weighted by Crippen LogP contribution is -2.36. The summed E-state index contributed by atoms with van der Waals surface area (Å²) in [7, 11) is 1.59. The monoisotopic (exact) mass is 408 g/mol. The van der Waals surface area contributed by atoms with Crippen LogP contribution in [0.3, 0.4) is 0 Å². The van der Waals surface area contributed by atoms with E-state index in [0.717, 1.165) is 42.2 Å². The van der Waals surface area contributed by atoms with Crippen LogP contribution in [0.2, 0.25) is 0 Å². The summed E-state index contributed by atoms with van der Waals surface area (Å²) < 4.78 is 43.5. The molecule has 2 atom stereocenters. The molecule has 156 valence electrons. The fourth-order valence-electron chi connectivity index (χ4n) is 3.90. The number of H-pyrrole nitrogens is 1. The molecular weight excluding hydrogens is 385 g/mol. The minimum atomic E-state index is -4.68. The Morgan fingerprint density at radius 1 is 1.28 bits per heavy atom. The van der Waals surface area contributed by atoms with Gasteiger partial charge in [-0.1, -0.05) is 25.8 Å². The summed E-state index contributed by atoms with van der Waals surface area (Å²) >= 11 is 0. The molecule has 29 heavy (non-hydrogen) atoms. The largest absolute Gasteiger partial charge is 0.497 e. The fraction of sp³-hybridized carbons (Fsp3) is 0.429. The van der Waals surface area contributed by atoms with E-state index in [2.05, 4.69) is 12.2 Å². The van der Waals surface area contributed by atoms with Crippen molar-refractivity contribution in [3.05, 3.63) is 63.1 Å². The van der Waals surface area contributed by atoms with Gasteiger partial charge in [-0.05, 0) is 54.2 Å². The first-order valence-electron chi connectivity index (χ1n) is 9.51. The van der Waals surface area contributed by atoms with E-state index in [1.807, 2.05) is 18.2 Å². The summed E-state index contributed by atoms with van der Waals surface area (Å²) in [4.78, 5) is 26.4. The maximum absolute atomic E-state index is 12.7. The average Bonchev–Trinajstić information content (AvgIpc) is 2.66. The quantitative estimate of drug-likeness (QED) is 0.778. The Morgan fingerprint density at radius 3 is 2.66 bits per heavy atom. The van der Waals surface area contributed by atoms with Crippen LogP contribution in [0.25, 0.3) is 0 Å². The molecule has 1 aliphatic rings. The van der Waals surface area contributed by atoms with Gasteiger partial charge in [0.05, 0.1) is 13.2 Å². The van der Waals surface area contributed by atoms with E-state index in [1.165, 1.54) is 0 Å². The molecule has 1 aromatic heterocycles. The lowest BCUT2D eigenvalue weighted by Gasteiger charge is -2.32. The smallest absolute Gasteiger partial charge is 0.431 e. The average molecular weight is 408 g/mol. The van der Waals surface area contributed by atoms with Crippen molar-refractivity contribution in [1.29, 1.82) is 0 Å². The second-order valence-corrected chi connectivity index (χ2v) is 7.30. The Labute approximate surface area is 166 Å². The van der Waals surface area contributed by atoms with E-state index < -0.39 is 23.3 Å². The second-order valence-electron chi connectivity index (χ2n) is 7.30. The number of halogens is 3. The summed E-state index contributed by atoms with van der Waals surface area (Å²) in [6.07, 6.45) is -1.11. The molecule has 0 saturated carbocycles. The van der Waals surface area contributed by atoms with Crippen LogP contribution in [0.4, 0.5) is 13.2 Å². The zero-order chi connectivity index (χ0) is 21.2. The third-order valence-electron chi connectivity index (χ3n) is 5.26. The number of hydrogen-bond donors (Lipinski definition) is 2. The van der Waals surface area contributed by atoms with Gasteiger partial charge in [-0.25, -0.2) is 0 Å². The third-order valence-corrected chi connectivity index (χ3v) is 5.26. The Kier molecular flexibility index (Phi) is 6.00. The van der Waals surface area contributed by atoms with Crippen LogP contribution in [-0.2, 0) is 12.6 Å². The number of rotatable bonds is 5. The van der Waals surface area contributed by atoms with Crippen molar-refractivity contribution in [3.8, 4) is 5.75 Å². The van der Waals surface area contributed by atoms with Crippen LogP contribution in [0, 0.1) is 5.92 Å². The number of alkyl halides is 3. The second kappa shape index (κ2) is 8.31. The number of benzene rings is 1. The summed E-state index contributed by atoms with van der Waals surface area (Å²) in [5, 5.41) is 2.84. The standard InChI is InChI=1S/C21H23F3N2O3/c1-3-4-12-9-13-11-14(29-2)5-6-15(13)17(10-12)25-19(27)16-7-8-18(21(22,23)24)26-20(16)28/h5-8,11-12,17H,3-4,9-10H2,1-2H3,(H,25,27)(H,26,28). The summed E-state index contributed by atoms with van der Waals surface area (Å²) in [5.41, 5.74) is -0.577. The van der Waals surface area contributed by atoms with Crippen molar-refractivity contribution >= 4 is 5.91 Å². The number of nitrogens with one attached hydrogen (secondary N) is 2. The minimum Gasteiger partial charge on any atom is -0.497 e. The number of hydrogen-bond acceptors (Lipinski definition) is 3. The molecule has 2 unspecified atom stereocenters. The molecule has 2 aromatic rings. The highest BCUT2D eigenvalue weighted by Gasteiger charge is 2.33. The van der Waals surface area contributed by atoms with E-state index in [9.17, 15) is 22.8 Å². The van der Waals surface area contributed by atoms with Crippen LogP contribution >= 0.6 is 0 Å². The molecular formula is C21H23F3N2O3. The van der Waals surface area contributed by atoms with Crippen LogP contribution in [0.5, 0.6) is 5.75 Å². The molecule has 0 saturated heterocycles. The number of fused-ring (bicyclic) bond motifs is 1. The van der Waals surface area contributed by atoms with Gasteiger partial charge in [0.15, 0.2) is 0 Å². The van der Waals surface area contributed by atoms with Crippen LogP contribution < -0.4 is 15.6 Å². The maximum atomic E-state index is 12.7. The molecule has 0 aliphatic heterocycles. The molecule has 0 spiro atoms. The van der Waals surface area contributed by atoms with Gasteiger partial charge in [0.25, 0.3) is 11.5 Å². The summed E-state index contributed by atoms with van der Waals surface area (Å²) in [6, 6.07) is 6.94. The van der Waals surface area contributed by atoms with Gasteiger partial charge >= 0.3 is 6.18 Å². The molecule has 1 amide bonds. The van der Waals surface area contributed by atoms with Crippen LogP contribution in [0.1, 0.15) is 59.4 Å². The van der Waals surface area contributed by atoms with Gasteiger partial charge in [0, 0.05) is 0 Å². The molecule has 5 nitrogen and oxygen atoms in total. The lowest BCUT2D eigenvalue weighted by molar-refractivity contribution is -0.141. The van der Waals surface area contributed by atoms with E-state index in [4.69, 9.17) is 4.74 Å². The molecule has 1 aromatic carbocycles. The Bertz CT molecular complexity index is 953. The first-order valence-corrected chi connectivity index (χ1v) is 9.51. The molecule has 0 radical (unpaired) electrons. The van der Waals surface area contributed by atoms with Gasteiger partial charge in [-0.3, -0.25) is 9.59 Å². The molecule has 1 heterocycles. The molecule has 1 aliphatic carbocycles. The van der Waals surface area contributed by atoms with Crippen molar-refractivity contribution in [2.24, 2.45) is 5.92 Å². The number of methoxy groups -OCH3 is 1. The van der Waals surface area contributed by atoms with E-state index in [1.54, 1.807) is 12.1 Å². The van der Waals surface area contributed by atoms with E-state index in [0.29, 0.717) is 18.4 Å². The van der Waals surface area contributed by atoms with Crippen molar-refractivity contribution < 1.29 is 22.7 Å². The summed E-state index contributed by atoms with van der Waals surface area (Å²) in [5.74, 6) is 0.393. The molecule has 0 bridgehead atoms. The van der Waals surface area contributed by atoms with Crippen molar-refractivity contribution in [1.82, 2.24) is 10.3 Å². The highest BCUT2D eigenvalue weighted by atomic mass is 19.4. The molecule has 3 rings (SSSR count). The first kappa shape index (κ1) is 21.0. The Balaban J connectivity index is 1.87. The number of carbonyl (C=O) groups excluding carboxylic acids is 1.